The molecule has 18 heavy (non-hydrogen) atoms. The van der Waals surface area contributed by atoms with E-state index in [0.717, 1.165) is 32.2 Å². The number of aromatic nitrogens is 1. The molecule has 0 bridgehead atoms. The molecule has 0 radical (unpaired) electrons. The molecule has 96 valence electrons. The van der Waals surface area contributed by atoms with Crippen molar-refractivity contribution in [2.75, 3.05) is 7.11 Å². The molecule has 2 rings (SSSR count). The number of methoxy groups -OCH3 is 1. The van der Waals surface area contributed by atoms with E-state index in [-0.39, 0.29) is 0 Å². The lowest BCUT2D eigenvalue weighted by Crippen LogP contribution is -1.92. The van der Waals surface area contributed by atoms with Gasteiger partial charge in [-0.25, -0.2) is 4.98 Å². The van der Waals surface area contributed by atoms with Gasteiger partial charge in [-0.2, -0.15) is 0 Å². The molecule has 3 nitrogen and oxygen atoms in total. The van der Waals surface area contributed by atoms with Crippen LogP contribution >= 0.6 is 27.3 Å². The maximum absolute atomic E-state index is 5.66. The Morgan fingerprint density at radius 2 is 2.22 bits per heavy atom. The fraction of sp³-hybridized carbons (Fsp3) is 0.308. The van der Waals surface area contributed by atoms with E-state index >= 15 is 0 Å². The van der Waals surface area contributed by atoms with Crippen LogP contribution in [0.2, 0.25) is 0 Å². The number of nitrogens with two attached hydrogens (primary N) is 1. The van der Waals surface area contributed by atoms with Crippen LogP contribution in [0.5, 0.6) is 5.75 Å². The Morgan fingerprint density at radius 1 is 1.44 bits per heavy atom. The average Bonchev–Trinajstić information content (AvgIpc) is 2.79. The average molecular weight is 327 g/mol. The predicted octanol–water partition coefficient (Wildman–Crippen LogP) is 3.60. The third-order valence-electron chi connectivity index (χ3n) is 2.74. The van der Waals surface area contributed by atoms with Gasteiger partial charge in [0.2, 0.25) is 0 Å². The van der Waals surface area contributed by atoms with Crippen LogP contribution in [0, 0.1) is 0 Å². The van der Waals surface area contributed by atoms with Crippen LogP contribution in [0.1, 0.15) is 17.4 Å². The molecule has 0 amide bonds. The molecule has 0 aliphatic heterocycles. The molecular weight excluding hydrogens is 312 g/mol. The van der Waals surface area contributed by atoms with Crippen LogP contribution in [0.15, 0.2) is 22.8 Å². The first-order valence-corrected chi connectivity index (χ1v) is 7.33. The fourth-order valence-electron chi connectivity index (χ4n) is 1.77. The Bertz CT molecular complexity index is 554. The fourth-order valence-corrected chi connectivity index (χ4v) is 3.30. The lowest BCUT2D eigenvalue weighted by molar-refractivity contribution is 0.410. The van der Waals surface area contributed by atoms with Crippen molar-refractivity contribution in [3.8, 4) is 16.3 Å². The SMILES string of the molecule is CCc1cc(-c2nc(Br)c(CN)s2)ccc1OC. The first kappa shape index (κ1) is 13.5. The maximum Gasteiger partial charge on any atom is 0.125 e. The van der Waals surface area contributed by atoms with E-state index < -0.39 is 0 Å². The molecule has 1 heterocycles. The minimum absolute atomic E-state index is 0.509. The van der Waals surface area contributed by atoms with Gasteiger partial charge >= 0.3 is 0 Å². The van der Waals surface area contributed by atoms with E-state index in [1.54, 1.807) is 18.4 Å². The Labute approximate surface area is 119 Å². The Kier molecular flexibility index (Phi) is 4.37. The number of hydrogen-bond acceptors (Lipinski definition) is 4. The number of nitrogens with zero attached hydrogens (tertiary/aromatic N) is 1. The summed E-state index contributed by atoms with van der Waals surface area (Å²) in [5.74, 6) is 0.927. The van der Waals surface area contributed by atoms with Gasteiger partial charge < -0.3 is 10.5 Å². The zero-order chi connectivity index (χ0) is 13.1. The highest BCUT2D eigenvalue weighted by Gasteiger charge is 2.11. The second kappa shape index (κ2) is 5.82. The molecule has 0 saturated heterocycles. The van der Waals surface area contributed by atoms with Crippen molar-refractivity contribution in [3.05, 3.63) is 33.2 Å². The lowest BCUT2D eigenvalue weighted by atomic mass is 10.1. The van der Waals surface area contributed by atoms with Gasteiger partial charge in [0.25, 0.3) is 0 Å². The van der Waals surface area contributed by atoms with Gasteiger partial charge in [-0.15, -0.1) is 11.3 Å². The summed E-state index contributed by atoms with van der Waals surface area (Å²) >= 11 is 5.05. The summed E-state index contributed by atoms with van der Waals surface area (Å²) in [6.07, 6.45) is 0.938. The van der Waals surface area contributed by atoms with Gasteiger partial charge in [0.05, 0.1) is 12.0 Å². The molecule has 5 heteroatoms. The van der Waals surface area contributed by atoms with Crippen LogP contribution in [0.3, 0.4) is 0 Å². The van der Waals surface area contributed by atoms with E-state index in [2.05, 4.69) is 33.9 Å². The van der Waals surface area contributed by atoms with Crippen molar-refractivity contribution >= 4 is 27.3 Å². The van der Waals surface area contributed by atoms with Gasteiger partial charge in [0.15, 0.2) is 0 Å². The highest BCUT2D eigenvalue weighted by Crippen LogP contribution is 2.33. The number of halogens is 1. The Hall–Kier alpha value is -0.910. The zero-order valence-electron chi connectivity index (χ0n) is 10.4. The Morgan fingerprint density at radius 3 is 2.78 bits per heavy atom. The summed E-state index contributed by atoms with van der Waals surface area (Å²) < 4.78 is 6.18. The minimum atomic E-state index is 0.509. The largest absolute Gasteiger partial charge is 0.496 e. The number of benzene rings is 1. The smallest absolute Gasteiger partial charge is 0.125 e. The van der Waals surface area contributed by atoms with Crippen LogP contribution in [-0.4, -0.2) is 12.1 Å². The summed E-state index contributed by atoms with van der Waals surface area (Å²) in [6, 6.07) is 6.15. The summed E-state index contributed by atoms with van der Waals surface area (Å²) in [6.45, 7) is 2.62. The second-order valence-corrected chi connectivity index (χ2v) is 5.65. The molecule has 0 aliphatic rings. The van der Waals surface area contributed by atoms with Crippen LogP contribution in [0.4, 0.5) is 0 Å². The van der Waals surface area contributed by atoms with Crippen LogP contribution in [0.25, 0.3) is 10.6 Å². The molecule has 2 aromatic rings. The lowest BCUT2D eigenvalue weighted by Gasteiger charge is -2.07. The predicted molar refractivity (Wildman–Crippen MR) is 79.1 cm³/mol. The zero-order valence-corrected chi connectivity index (χ0v) is 12.8. The molecule has 1 aromatic carbocycles. The van der Waals surface area contributed by atoms with Crippen LogP contribution < -0.4 is 10.5 Å². The monoisotopic (exact) mass is 326 g/mol. The van der Waals surface area contributed by atoms with Crippen molar-refractivity contribution < 1.29 is 4.74 Å². The number of hydrogen-bond donors (Lipinski definition) is 1. The topological polar surface area (TPSA) is 48.1 Å². The molecule has 0 atom stereocenters. The summed E-state index contributed by atoms with van der Waals surface area (Å²) in [5, 5.41) is 0.986. The maximum atomic E-state index is 5.66. The second-order valence-electron chi connectivity index (χ2n) is 3.82. The first-order valence-electron chi connectivity index (χ1n) is 5.72. The molecular formula is C13H15BrN2OS. The summed E-state index contributed by atoms with van der Waals surface area (Å²) in [7, 11) is 1.70. The van der Waals surface area contributed by atoms with Crippen molar-refractivity contribution in [3.63, 3.8) is 0 Å². The number of ether oxygens (including phenoxy) is 1. The van der Waals surface area contributed by atoms with E-state index in [0.29, 0.717) is 6.54 Å². The van der Waals surface area contributed by atoms with Crippen molar-refractivity contribution in [2.24, 2.45) is 5.73 Å². The van der Waals surface area contributed by atoms with Gasteiger partial charge in [0, 0.05) is 12.1 Å². The third-order valence-corrected chi connectivity index (χ3v) is 4.79. The van der Waals surface area contributed by atoms with Crippen molar-refractivity contribution in [2.45, 2.75) is 19.9 Å². The minimum Gasteiger partial charge on any atom is -0.496 e. The van der Waals surface area contributed by atoms with Crippen molar-refractivity contribution in [1.82, 2.24) is 4.98 Å². The molecule has 0 spiro atoms. The van der Waals surface area contributed by atoms with Gasteiger partial charge in [-0.05, 0) is 46.1 Å². The molecule has 0 saturated carbocycles. The highest BCUT2D eigenvalue weighted by atomic mass is 79.9. The normalized spacial score (nSPS) is 10.7. The van der Waals surface area contributed by atoms with E-state index in [9.17, 15) is 0 Å². The molecule has 0 fully saturated rings. The summed E-state index contributed by atoms with van der Waals surface area (Å²) in [4.78, 5) is 5.57. The number of thiazole rings is 1. The standard InChI is InChI=1S/C13H15BrN2OS/c1-3-8-6-9(4-5-10(8)17-2)13-16-12(14)11(7-15)18-13/h4-6H,3,7,15H2,1-2H3. The Balaban J connectivity index is 2.44. The highest BCUT2D eigenvalue weighted by molar-refractivity contribution is 9.10. The number of rotatable bonds is 4. The van der Waals surface area contributed by atoms with Gasteiger partial charge in [-0.1, -0.05) is 6.92 Å². The van der Waals surface area contributed by atoms with E-state index in [1.807, 2.05) is 12.1 Å². The first-order chi connectivity index (χ1) is 8.69. The quantitative estimate of drug-likeness (QED) is 0.933. The van der Waals surface area contributed by atoms with Crippen LogP contribution in [-0.2, 0) is 13.0 Å². The number of aryl methyl sites for hydroxylation is 1. The molecule has 1 aromatic heterocycles. The molecule has 2 N–H and O–H groups in total. The van der Waals surface area contributed by atoms with E-state index in [4.69, 9.17) is 10.5 Å². The summed E-state index contributed by atoms with van der Waals surface area (Å²) in [5.41, 5.74) is 7.96. The molecule has 0 unspecified atom stereocenters. The van der Waals surface area contributed by atoms with E-state index in [1.165, 1.54) is 5.56 Å². The van der Waals surface area contributed by atoms with Gasteiger partial charge in [-0.3, -0.25) is 0 Å². The third kappa shape index (κ3) is 2.58. The molecule has 0 aliphatic carbocycles. The van der Waals surface area contributed by atoms with Gasteiger partial charge in [0.1, 0.15) is 15.4 Å². The van der Waals surface area contributed by atoms with Crippen molar-refractivity contribution in [1.29, 1.82) is 0 Å².